The van der Waals surface area contributed by atoms with Gasteiger partial charge in [0.15, 0.2) is 0 Å². The van der Waals surface area contributed by atoms with Crippen LogP contribution < -0.4 is 0 Å². The SMILES string of the molecule is CC(C)c1cc(C(C)(C)F)ccn1. The molecule has 0 aliphatic rings. The Morgan fingerprint density at radius 1 is 1.38 bits per heavy atom. The Morgan fingerprint density at radius 2 is 2.00 bits per heavy atom. The van der Waals surface area contributed by atoms with E-state index < -0.39 is 5.67 Å². The van der Waals surface area contributed by atoms with Gasteiger partial charge in [-0.05, 0) is 37.5 Å². The van der Waals surface area contributed by atoms with Gasteiger partial charge in [-0.15, -0.1) is 0 Å². The van der Waals surface area contributed by atoms with Gasteiger partial charge < -0.3 is 0 Å². The lowest BCUT2D eigenvalue weighted by Gasteiger charge is -2.15. The summed E-state index contributed by atoms with van der Waals surface area (Å²) in [6, 6.07) is 3.57. The minimum atomic E-state index is -1.27. The largest absolute Gasteiger partial charge is 0.261 e. The average Bonchev–Trinajstić information content (AvgIpc) is 2.03. The third-order valence-electron chi connectivity index (χ3n) is 2.06. The fourth-order valence-corrected chi connectivity index (χ4v) is 1.13. The maximum absolute atomic E-state index is 13.5. The lowest BCUT2D eigenvalue weighted by molar-refractivity contribution is 0.221. The van der Waals surface area contributed by atoms with Crippen LogP contribution in [0.15, 0.2) is 18.3 Å². The van der Waals surface area contributed by atoms with E-state index in [9.17, 15) is 4.39 Å². The summed E-state index contributed by atoms with van der Waals surface area (Å²) in [6.45, 7) is 7.23. The molecule has 1 aromatic heterocycles. The fraction of sp³-hybridized carbons (Fsp3) is 0.545. The lowest BCUT2D eigenvalue weighted by Crippen LogP contribution is -2.10. The molecule has 1 nitrogen and oxygen atoms in total. The molecule has 0 aliphatic heterocycles. The van der Waals surface area contributed by atoms with E-state index in [0.717, 1.165) is 5.69 Å². The highest BCUT2D eigenvalue weighted by Crippen LogP contribution is 2.25. The summed E-state index contributed by atoms with van der Waals surface area (Å²) in [5.74, 6) is 0.349. The van der Waals surface area contributed by atoms with Gasteiger partial charge in [-0.1, -0.05) is 13.8 Å². The first-order chi connectivity index (χ1) is 5.91. The lowest BCUT2D eigenvalue weighted by atomic mass is 9.98. The summed E-state index contributed by atoms with van der Waals surface area (Å²) in [5.41, 5.74) is 0.376. The summed E-state index contributed by atoms with van der Waals surface area (Å²) < 4.78 is 13.5. The molecule has 0 N–H and O–H groups in total. The molecule has 0 amide bonds. The van der Waals surface area contributed by atoms with Crippen LogP contribution in [0.2, 0.25) is 0 Å². The summed E-state index contributed by atoms with van der Waals surface area (Å²) in [5, 5.41) is 0. The van der Waals surface area contributed by atoms with Crippen LogP contribution in [0.3, 0.4) is 0 Å². The first kappa shape index (κ1) is 10.2. The maximum atomic E-state index is 13.5. The summed E-state index contributed by atoms with van der Waals surface area (Å²) in [7, 11) is 0. The van der Waals surface area contributed by atoms with Gasteiger partial charge in [0.1, 0.15) is 5.67 Å². The monoisotopic (exact) mass is 181 g/mol. The number of pyridine rings is 1. The Bertz CT molecular complexity index is 286. The molecule has 1 heterocycles. The van der Waals surface area contributed by atoms with Crippen molar-refractivity contribution in [3.8, 4) is 0 Å². The van der Waals surface area contributed by atoms with E-state index in [0.29, 0.717) is 11.5 Å². The van der Waals surface area contributed by atoms with Crippen molar-refractivity contribution in [1.29, 1.82) is 0 Å². The number of rotatable bonds is 2. The van der Waals surface area contributed by atoms with Gasteiger partial charge in [-0.25, -0.2) is 4.39 Å². The second-order valence-electron chi connectivity index (χ2n) is 4.10. The third kappa shape index (κ3) is 2.51. The molecule has 0 bridgehead atoms. The molecule has 2 heteroatoms. The minimum Gasteiger partial charge on any atom is -0.261 e. The van der Waals surface area contributed by atoms with E-state index in [1.807, 2.05) is 6.07 Å². The van der Waals surface area contributed by atoms with Gasteiger partial charge in [-0.2, -0.15) is 0 Å². The van der Waals surface area contributed by atoms with Crippen molar-refractivity contribution in [3.05, 3.63) is 29.6 Å². The van der Waals surface area contributed by atoms with Crippen molar-refractivity contribution in [3.63, 3.8) is 0 Å². The Balaban J connectivity index is 3.06. The number of hydrogen-bond acceptors (Lipinski definition) is 1. The molecule has 0 atom stereocenters. The molecule has 0 radical (unpaired) electrons. The van der Waals surface area contributed by atoms with Crippen LogP contribution in [0.4, 0.5) is 4.39 Å². The first-order valence-corrected chi connectivity index (χ1v) is 4.56. The van der Waals surface area contributed by atoms with Gasteiger partial charge in [-0.3, -0.25) is 4.98 Å². The van der Waals surface area contributed by atoms with E-state index in [1.54, 1.807) is 26.1 Å². The predicted octanol–water partition coefficient (Wildman–Crippen LogP) is 3.41. The Hall–Kier alpha value is -0.920. The zero-order valence-electron chi connectivity index (χ0n) is 8.63. The molecule has 0 unspecified atom stereocenters. The van der Waals surface area contributed by atoms with Crippen LogP contribution in [-0.2, 0) is 5.67 Å². The van der Waals surface area contributed by atoms with Gasteiger partial charge >= 0.3 is 0 Å². The van der Waals surface area contributed by atoms with E-state index in [2.05, 4.69) is 18.8 Å². The van der Waals surface area contributed by atoms with E-state index in [4.69, 9.17) is 0 Å². The molecule has 1 rings (SSSR count). The van der Waals surface area contributed by atoms with Crippen LogP contribution in [0.5, 0.6) is 0 Å². The number of halogens is 1. The molecule has 0 saturated heterocycles. The summed E-state index contributed by atoms with van der Waals surface area (Å²) >= 11 is 0. The molecule has 0 aromatic carbocycles. The molecular weight excluding hydrogens is 165 g/mol. The summed E-state index contributed by atoms with van der Waals surface area (Å²) in [4.78, 5) is 4.19. The topological polar surface area (TPSA) is 12.9 Å². The molecule has 0 spiro atoms. The number of hydrogen-bond donors (Lipinski definition) is 0. The van der Waals surface area contributed by atoms with Crippen molar-refractivity contribution in [2.45, 2.75) is 39.3 Å². The van der Waals surface area contributed by atoms with Crippen LogP contribution >= 0.6 is 0 Å². The molecular formula is C11H16FN. The summed E-state index contributed by atoms with van der Waals surface area (Å²) in [6.07, 6.45) is 1.67. The van der Waals surface area contributed by atoms with Gasteiger partial charge in [0.05, 0.1) is 0 Å². The molecule has 13 heavy (non-hydrogen) atoms. The Kier molecular flexibility index (Phi) is 2.69. The Morgan fingerprint density at radius 3 is 2.46 bits per heavy atom. The first-order valence-electron chi connectivity index (χ1n) is 4.56. The van der Waals surface area contributed by atoms with E-state index in [1.165, 1.54) is 0 Å². The van der Waals surface area contributed by atoms with Crippen LogP contribution in [0.1, 0.15) is 44.9 Å². The van der Waals surface area contributed by atoms with E-state index in [-0.39, 0.29) is 0 Å². The smallest absolute Gasteiger partial charge is 0.130 e. The molecule has 72 valence electrons. The van der Waals surface area contributed by atoms with Gasteiger partial charge in [0.2, 0.25) is 0 Å². The Labute approximate surface area is 79.0 Å². The van der Waals surface area contributed by atoms with Crippen molar-refractivity contribution in [2.75, 3.05) is 0 Å². The third-order valence-corrected chi connectivity index (χ3v) is 2.06. The average molecular weight is 181 g/mol. The normalized spacial score (nSPS) is 12.2. The fourth-order valence-electron chi connectivity index (χ4n) is 1.13. The molecule has 0 aliphatic carbocycles. The quantitative estimate of drug-likeness (QED) is 0.681. The zero-order chi connectivity index (χ0) is 10.1. The standard InChI is InChI=1S/C11H16FN/c1-8(2)10-7-9(5-6-13-10)11(3,4)12/h5-8H,1-4H3. The predicted molar refractivity (Wildman–Crippen MR) is 52.5 cm³/mol. The van der Waals surface area contributed by atoms with Gasteiger partial charge in [0, 0.05) is 11.9 Å². The highest BCUT2D eigenvalue weighted by molar-refractivity contribution is 5.23. The number of alkyl halides is 1. The van der Waals surface area contributed by atoms with Crippen molar-refractivity contribution in [1.82, 2.24) is 4.98 Å². The van der Waals surface area contributed by atoms with Crippen LogP contribution in [0.25, 0.3) is 0 Å². The van der Waals surface area contributed by atoms with Crippen molar-refractivity contribution >= 4 is 0 Å². The second-order valence-corrected chi connectivity index (χ2v) is 4.10. The molecule has 1 aromatic rings. The molecule has 0 fully saturated rings. The van der Waals surface area contributed by atoms with Gasteiger partial charge in [0.25, 0.3) is 0 Å². The highest BCUT2D eigenvalue weighted by Gasteiger charge is 2.19. The van der Waals surface area contributed by atoms with Crippen LogP contribution in [-0.4, -0.2) is 4.98 Å². The maximum Gasteiger partial charge on any atom is 0.130 e. The van der Waals surface area contributed by atoms with E-state index >= 15 is 0 Å². The molecule has 0 saturated carbocycles. The minimum absolute atomic E-state index is 0.349. The second kappa shape index (κ2) is 3.44. The number of nitrogens with zero attached hydrogens (tertiary/aromatic N) is 1. The van der Waals surface area contributed by atoms with Crippen molar-refractivity contribution in [2.24, 2.45) is 0 Å². The highest BCUT2D eigenvalue weighted by atomic mass is 19.1. The van der Waals surface area contributed by atoms with Crippen molar-refractivity contribution < 1.29 is 4.39 Å². The van der Waals surface area contributed by atoms with Crippen LogP contribution in [0, 0.1) is 0 Å². The number of aromatic nitrogens is 1. The zero-order valence-corrected chi connectivity index (χ0v) is 8.63.